The number of hydrogen-bond donors (Lipinski definition) is 0. The lowest BCUT2D eigenvalue weighted by Crippen LogP contribution is -1.97. The third-order valence-electron chi connectivity index (χ3n) is 1.85. The van der Waals surface area contributed by atoms with Gasteiger partial charge in [0.1, 0.15) is 0 Å². The van der Waals surface area contributed by atoms with Gasteiger partial charge in [0, 0.05) is 23.3 Å². The molecule has 0 amide bonds. The normalized spacial score (nSPS) is 10.0. The first-order valence-electron chi connectivity index (χ1n) is 4.20. The van der Waals surface area contributed by atoms with Crippen LogP contribution in [0, 0.1) is 0 Å². The van der Waals surface area contributed by atoms with Crippen molar-refractivity contribution in [2.24, 2.45) is 0 Å². The number of rotatable bonds is 3. The van der Waals surface area contributed by atoms with E-state index in [4.69, 9.17) is 9.47 Å². The molecule has 0 bridgehead atoms. The summed E-state index contributed by atoms with van der Waals surface area (Å²) in [7, 11) is 3.08. The SMILES string of the molecule is COc1ncc(-c2cnsc2)c(OC)n1. The zero-order valence-electron chi connectivity index (χ0n) is 8.30. The third kappa shape index (κ3) is 1.89. The maximum atomic E-state index is 5.16. The molecule has 0 aliphatic rings. The summed E-state index contributed by atoms with van der Waals surface area (Å²) in [6.45, 7) is 0. The lowest BCUT2D eigenvalue weighted by Gasteiger charge is -2.05. The number of aromatic nitrogens is 3. The molecule has 78 valence electrons. The second-order valence-corrected chi connectivity index (χ2v) is 3.35. The Morgan fingerprint density at radius 2 is 2.07 bits per heavy atom. The molecule has 0 aliphatic heterocycles. The highest BCUT2D eigenvalue weighted by Gasteiger charge is 2.10. The highest BCUT2D eigenvalue weighted by atomic mass is 32.1. The summed E-state index contributed by atoms with van der Waals surface area (Å²) in [5, 5.41) is 1.91. The number of hydrogen-bond acceptors (Lipinski definition) is 6. The van der Waals surface area contributed by atoms with E-state index in [1.165, 1.54) is 18.6 Å². The summed E-state index contributed by atoms with van der Waals surface area (Å²) in [5.74, 6) is 0.488. The van der Waals surface area contributed by atoms with E-state index < -0.39 is 0 Å². The highest BCUT2D eigenvalue weighted by molar-refractivity contribution is 7.03. The predicted molar refractivity (Wildman–Crippen MR) is 56.2 cm³/mol. The van der Waals surface area contributed by atoms with E-state index in [0.717, 1.165) is 11.1 Å². The Hall–Kier alpha value is -1.69. The van der Waals surface area contributed by atoms with E-state index in [-0.39, 0.29) is 0 Å². The first-order chi connectivity index (χ1) is 7.35. The van der Waals surface area contributed by atoms with E-state index in [1.807, 2.05) is 5.38 Å². The van der Waals surface area contributed by atoms with Gasteiger partial charge in [0.15, 0.2) is 0 Å². The van der Waals surface area contributed by atoms with Gasteiger partial charge >= 0.3 is 6.01 Å². The van der Waals surface area contributed by atoms with Crippen LogP contribution in [0.2, 0.25) is 0 Å². The van der Waals surface area contributed by atoms with E-state index >= 15 is 0 Å². The fourth-order valence-electron chi connectivity index (χ4n) is 1.14. The summed E-state index contributed by atoms with van der Waals surface area (Å²) in [6, 6.07) is 0.291. The Morgan fingerprint density at radius 3 is 2.67 bits per heavy atom. The lowest BCUT2D eigenvalue weighted by molar-refractivity contribution is 0.353. The monoisotopic (exact) mass is 223 g/mol. The van der Waals surface area contributed by atoms with Crippen molar-refractivity contribution in [2.45, 2.75) is 0 Å². The Labute approximate surface area is 90.9 Å². The van der Waals surface area contributed by atoms with Gasteiger partial charge in [-0.2, -0.15) is 4.98 Å². The van der Waals surface area contributed by atoms with Crippen LogP contribution in [0.1, 0.15) is 0 Å². The molecule has 0 radical (unpaired) electrons. The zero-order valence-corrected chi connectivity index (χ0v) is 9.11. The van der Waals surface area contributed by atoms with Crippen LogP contribution in [-0.2, 0) is 0 Å². The molecule has 0 spiro atoms. The first-order valence-corrected chi connectivity index (χ1v) is 5.03. The van der Waals surface area contributed by atoms with Crippen LogP contribution in [0.4, 0.5) is 0 Å². The van der Waals surface area contributed by atoms with Crippen molar-refractivity contribution in [3.8, 4) is 23.0 Å². The van der Waals surface area contributed by atoms with E-state index in [2.05, 4.69) is 14.3 Å². The molecular weight excluding hydrogens is 214 g/mol. The highest BCUT2D eigenvalue weighted by Crippen LogP contribution is 2.28. The molecule has 2 rings (SSSR count). The Bertz CT molecular complexity index is 445. The van der Waals surface area contributed by atoms with Crippen molar-refractivity contribution in [2.75, 3.05) is 14.2 Å². The fraction of sp³-hybridized carbons (Fsp3) is 0.222. The molecule has 2 heterocycles. The summed E-state index contributed by atoms with van der Waals surface area (Å²) in [5.41, 5.74) is 1.76. The number of methoxy groups -OCH3 is 2. The van der Waals surface area contributed by atoms with Crippen molar-refractivity contribution < 1.29 is 9.47 Å². The van der Waals surface area contributed by atoms with Gasteiger partial charge in [-0.1, -0.05) is 0 Å². The first kappa shape index (κ1) is 9.85. The average Bonchev–Trinajstić information content (AvgIpc) is 2.81. The Kier molecular flexibility index (Phi) is 2.77. The maximum absolute atomic E-state index is 5.16. The van der Waals surface area contributed by atoms with Gasteiger partial charge < -0.3 is 9.47 Å². The standard InChI is InChI=1S/C9H9N3O2S/c1-13-8-7(6-3-11-15-5-6)4-10-9(12-8)14-2/h3-5H,1-2H3. The van der Waals surface area contributed by atoms with Gasteiger partial charge in [0.25, 0.3) is 0 Å². The van der Waals surface area contributed by atoms with Crippen molar-refractivity contribution in [1.29, 1.82) is 0 Å². The van der Waals surface area contributed by atoms with Gasteiger partial charge in [-0.3, -0.25) is 0 Å². The van der Waals surface area contributed by atoms with Crippen LogP contribution in [0.25, 0.3) is 11.1 Å². The molecule has 0 N–H and O–H groups in total. The molecule has 0 atom stereocenters. The summed E-state index contributed by atoms with van der Waals surface area (Å²) in [6.07, 6.45) is 3.41. The van der Waals surface area contributed by atoms with Crippen LogP contribution in [0.3, 0.4) is 0 Å². The van der Waals surface area contributed by atoms with Crippen LogP contribution in [0.5, 0.6) is 11.9 Å². The summed E-state index contributed by atoms with van der Waals surface area (Å²) >= 11 is 1.37. The molecule has 2 aromatic heterocycles. The molecule has 0 aliphatic carbocycles. The number of nitrogens with zero attached hydrogens (tertiary/aromatic N) is 3. The predicted octanol–water partition coefficient (Wildman–Crippen LogP) is 1.62. The van der Waals surface area contributed by atoms with E-state index in [9.17, 15) is 0 Å². The molecular formula is C9H9N3O2S. The Balaban J connectivity index is 2.48. The molecule has 0 saturated carbocycles. The second-order valence-electron chi connectivity index (χ2n) is 2.69. The van der Waals surface area contributed by atoms with Gasteiger partial charge in [0.2, 0.25) is 5.88 Å². The average molecular weight is 223 g/mol. The van der Waals surface area contributed by atoms with Gasteiger partial charge in [0.05, 0.1) is 19.8 Å². The molecule has 6 heteroatoms. The molecule has 5 nitrogen and oxygen atoms in total. The minimum Gasteiger partial charge on any atom is -0.480 e. The molecule has 15 heavy (non-hydrogen) atoms. The largest absolute Gasteiger partial charge is 0.480 e. The summed E-state index contributed by atoms with van der Waals surface area (Å²) in [4.78, 5) is 8.11. The smallest absolute Gasteiger partial charge is 0.319 e. The minimum absolute atomic E-state index is 0.291. The van der Waals surface area contributed by atoms with E-state index in [1.54, 1.807) is 19.5 Å². The van der Waals surface area contributed by atoms with Crippen LogP contribution >= 0.6 is 11.5 Å². The van der Waals surface area contributed by atoms with Crippen LogP contribution < -0.4 is 9.47 Å². The molecule has 0 aromatic carbocycles. The van der Waals surface area contributed by atoms with Crippen LogP contribution in [0.15, 0.2) is 17.8 Å². The molecule has 2 aromatic rings. The van der Waals surface area contributed by atoms with Gasteiger partial charge in [-0.25, -0.2) is 9.36 Å². The molecule has 0 fully saturated rings. The number of ether oxygens (including phenoxy) is 2. The third-order valence-corrected chi connectivity index (χ3v) is 2.44. The van der Waals surface area contributed by atoms with Gasteiger partial charge in [-0.05, 0) is 11.5 Å². The quantitative estimate of drug-likeness (QED) is 0.791. The molecule has 0 unspecified atom stereocenters. The zero-order chi connectivity index (χ0) is 10.7. The van der Waals surface area contributed by atoms with E-state index in [0.29, 0.717) is 11.9 Å². The van der Waals surface area contributed by atoms with Crippen molar-refractivity contribution in [3.63, 3.8) is 0 Å². The lowest BCUT2D eigenvalue weighted by atomic mass is 10.2. The molecule has 0 saturated heterocycles. The Morgan fingerprint density at radius 1 is 1.20 bits per heavy atom. The van der Waals surface area contributed by atoms with Gasteiger partial charge in [-0.15, -0.1) is 0 Å². The van der Waals surface area contributed by atoms with Crippen molar-refractivity contribution >= 4 is 11.5 Å². The summed E-state index contributed by atoms with van der Waals surface area (Å²) < 4.78 is 14.1. The second kappa shape index (κ2) is 4.22. The topological polar surface area (TPSA) is 57.1 Å². The van der Waals surface area contributed by atoms with Crippen molar-refractivity contribution in [1.82, 2.24) is 14.3 Å². The fourth-order valence-corrected chi connectivity index (χ4v) is 1.68. The minimum atomic E-state index is 0.291. The maximum Gasteiger partial charge on any atom is 0.319 e. The van der Waals surface area contributed by atoms with Crippen LogP contribution in [-0.4, -0.2) is 28.6 Å². The van der Waals surface area contributed by atoms with Crippen molar-refractivity contribution in [3.05, 3.63) is 17.8 Å².